The molecule has 2 rings (SSSR count). The third-order valence-electron chi connectivity index (χ3n) is 18.8. The molecule has 0 atom stereocenters. The summed E-state index contributed by atoms with van der Waals surface area (Å²) < 4.78 is 0.552. The zero-order valence-electron chi connectivity index (χ0n) is 59.9. The molecular weight excluding hydrogens is 1300 g/mol. The van der Waals surface area contributed by atoms with Crippen LogP contribution in [0.2, 0.25) is 275 Å². The zero-order chi connectivity index (χ0) is 62.3. The van der Waals surface area contributed by atoms with Crippen LogP contribution in [0.15, 0.2) is 24.3 Å². The van der Waals surface area contributed by atoms with Crippen molar-refractivity contribution in [3.63, 3.8) is 0 Å². The van der Waals surface area contributed by atoms with Gasteiger partial charge >= 0.3 is 0 Å². The predicted octanol–water partition coefficient (Wildman–Crippen LogP) is 22.1. The van der Waals surface area contributed by atoms with Gasteiger partial charge in [0.05, 0.1) is 0 Å². The lowest BCUT2D eigenvalue weighted by atomic mass is 10.1. The lowest BCUT2D eigenvalue weighted by molar-refractivity contribution is 0.995. The Labute approximate surface area is 515 Å². The standard InChI is InChI=1S/C60H134Br2Si15/c1-63(2,3)55(64(4,5)6)49-43-47(59(71(25,26)27,72(28,29)30)73(31,32)33)44-50(56(65(7,8)9)66(10,11)12)53(49)77(61,62)54-51(57(67(13,14)15)68(16,17)18)45-48(46-52(54)58(69(19,20)21)70(22,23)24)60(74(34,35)36,75(37,38)39)76(40,41)42/h43-46,55-58H,1-42H3. The van der Waals surface area contributed by atoms with E-state index in [0.717, 1.165) is 0 Å². The molecule has 0 spiro atoms. The maximum absolute atomic E-state index is 5.43. The minimum atomic E-state index is -3.08. The van der Waals surface area contributed by atoms with Crippen molar-refractivity contribution >= 4 is 159 Å². The average Bonchev–Trinajstić information content (AvgIpc) is 2.98. The highest BCUT2D eigenvalue weighted by Gasteiger charge is 2.64. The van der Waals surface area contributed by atoms with E-state index in [4.69, 9.17) is 30.6 Å². The van der Waals surface area contributed by atoms with Gasteiger partial charge in [0.1, 0.15) is 0 Å². The SMILES string of the molecule is C[Si](C)(C)C(c1cc(C([Si](C)(C)C)([Si](C)(C)C)[Si](C)(C)C)cc(C([Si](C)(C)C)[Si](C)(C)C)c1[Si](Br)(Br)c1c(C([Si](C)(C)C)[Si](C)(C)C)cc(C([Si](C)(C)C)([Si](C)(C)C)[Si](C)(C)C)cc1C([Si](C)(C)C)[Si](C)(C)C)[Si](C)(C)C. The molecule has 0 aliphatic rings. The van der Waals surface area contributed by atoms with E-state index in [-0.39, 0.29) is 8.57 Å². The van der Waals surface area contributed by atoms with E-state index in [0.29, 0.717) is 20.7 Å². The van der Waals surface area contributed by atoms with Crippen LogP contribution in [0, 0.1) is 0 Å². The molecule has 0 aromatic heterocycles. The van der Waals surface area contributed by atoms with Crippen LogP contribution >= 0.6 is 30.6 Å². The molecule has 0 bridgehead atoms. The quantitative estimate of drug-likeness (QED) is 0.0814. The molecule has 0 saturated heterocycles. The summed E-state index contributed by atoms with van der Waals surface area (Å²) in [5.41, 5.74) is 11.0. The first-order valence-corrected chi connectivity index (χ1v) is 86.8. The third kappa shape index (κ3) is 14.8. The highest BCUT2D eigenvalue weighted by molar-refractivity contribution is 9.52. The Bertz CT molecular complexity index is 2000. The fourth-order valence-electron chi connectivity index (χ4n) is 21.8. The first-order chi connectivity index (χ1) is 32.9. The molecule has 0 heterocycles. The molecule has 0 aliphatic carbocycles. The molecule has 448 valence electrons. The van der Waals surface area contributed by atoms with Crippen LogP contribution < -0.4 is 10.4 Å². The lowest BCUT2D eigenvalue weighted by Gasteiger charge is -2.60. The van der Waals surface area contributed by atoms with Gasteiger partial charge in [0.25, 0.3) is 5.31 Å². The predicted molar refractivity (Wildman–Crippen MR) is 417 cm³/mol. The van der Waals surface area contributed by atoms with Crippen LogP contribution in [0.3, 0.4) is 0 Å². The van der Waals surface area contributed by atoms with Crippen molar-refractivity contribution < 1.29 is 0 Å². The molecule has 0 radical (unpaired) electrons. The number of hydrogen-bond donors (Lipinski definition) is 0. The van der Waals surface area contributed by atoms with Crippen molar-refractivity contribution in [2.24, 2.45) is 0 Å². The van der Waals surface area contributed by atoms with E-state index in [1.807, 2.05) is 43.8 Å². The molecule has 2 aromatic carbocycles. The first kappa shape index (κ1) is 75.8. The Balaban J connectivity index is 4.46. The molecule has 0 saturated carbocycles. The summed E-state index contributed by atoms with van der Waals surface area (Å²) in [4.78, 5) is 0. The summed E-state index contributed by atoms with van der Waals surface area (Å²) in [6.45, 7) is 118. The molecule has 0 unspecified atom stereocenters. The van der Waals surface area contributed by atoms with E-state index in [1.54, 1.807) is 0 Å². The summed E-state index contributed by atoms with van der Waals surface area (Å²) >= 11 is 10.9. The summed E-state index contributed by atoms with van der Waals surface area (Å²) in [5, 5.41) is 3.01. The Kier molecular flexibility index (Phi) is 22.3. The molecule has 17 heteroatoms. The second-order valence-electron chi connectivity index (χ2n) is 40.3. The topological polar surface area (TPSA) is 0 Å². The highest BCUT2D eigenvalue weighted by atomic mass is 79.9. The second-order valence-corrected chi connectivity index (χ2v) is 132. The molecule has 0 aliphatic heterocycles. The van der Waals surface area contributed by atoms with Gasteiger partial charge in [-0.3, -0.25) is 0 Å². The number of rotatable bonds is 22. The largest absolute Gasteiger partial charge is 0.260 e. The summed E-state index contributed by atoms with van der Waals surface area (Å²) in [6, 6.07) is 12.4. The maximum atomic E-state index is 5.43. The Hall–Kier alpha value is 2.65. The maximum Gasteiger partial charge on any atom is 0.260 e. The molecule has 0 N–H and O–H groups in total. The van der Waals surface area contributed by atoms with Crippen LogP contribution in [-0.4, -0.2) is 118 Å². The fourth-order valence-corrected chi connectivity index (χ4v) is 142. The van der Waals surface area contributed by atoms with E-state index in [9.17, 15) is 0 Å². The van der Waals surface area contributed by atoms with Gasteiger partial charge in [-0.25, -0.2) is 0 Å². The molecule has 2 aromatic rings. The number of halogens is 2. The van der Waals surface area contributed by atoms with Crippen molar-refractivity contribution in [1.29, 1.82) is 0 Å². The monoisotopic (exact) mass is 1430 g/mol. The molecule has 0 amide bonds. The van der Waals surface area contributed by atoms with Crippen molar-refractivity contribution in [3.05, 3.63) is 57.6 Å². The van der Waals surface area contributed by atoms with Crippen molar-refractivity contribution in [3.8, 4) is 0 Å². The molecule has 77 heavy (non-hydrogen) atoms. The Morgan fingerprint density at radius 2 is 0.351 bits per heavy atom. The molecular formula is C60H134Br2Si15. The second kappa shape index (κ2) is 22.7. The van der Waals surface area contributed by atoms with Gasteiger partial charge in [0.15, 0.2) is 0 Å². The van der Waals surface area contributed by atoms with Gasteiger partial charge in [0, 0.05) is 113 Å². The van der Waals surface area contributed by atoms with Gasteiger partial charge < -0.3 is 0 Å². The smallest absolute Gasteiger partial charge is 0.0987 e. The first-order valence-electron chi connectivity index (χ1n) is 30.7. The summed E-state index contributed by atoms with van der Waals surface area (Å²) in [6.07, 6.45) is 0. The van der Waals surface area contributed by atoms with Crippen LogP contribution in [0.1, 0.15) is 54.0 Å². The number of benzene rings is 2. The van der Waals surface area contributed by atoms with Crippen LogP contribution in [0.4, 0.5) is 0 Å². The Morgan fingerprint density at radius 1 is 0.234 bits per heavy atom. The Morgan fingerprint density at radius 3 is 0.442 bits per heavy atom. The van der Waals surface area contributed by atoms with Crippen molar-refractivity contribution in [1.82, 2.24) is 0 Å². The van der Waals surface area contributed by atoms with Gasteiger partial charge in [-0.1, -0.05) is 330 Å². The molecule has 0 fully saturated rings. The van der Waals surface area contributed by atoms with Gasteiger partial charge in [-0.15, -0.1) is 0 Å². The van der Waals surface area contributed by atoms with Gasteiger partial charge in [0.2, 0.25) is 0 Å². The fraction of sp³-hybridized carbons (Fsp3) is 0.800. The lowest BCUT2D eigenvalue weighted by Crippen LogP contribution is -2.75. The van der Waals surface area contributed by atoms with Crippen LogP contribution in [-0.2, 0) is 8.57 Å². The van der Waals surface area contributed by atoms with Crippen LogP contribution in [0.5, 0.6) is 0 Å². The van der Waals surface area contributed by atoms with Crippen molar-refractivity contribution in [2.45, 2.75) is 304 Å². The van der Waals surface area contributed by atoms with Gasteiger partial charge in [-0.05, 0) is 73.0 Å². The minimum Gasteiger partial charge on any atom is -0.0987 e. The average molecular weight is 1440 g/mol. The summed E-state index contributed by atoms with van der Waals surface area (Å²) in [5.74, 6) is 0. The number of hydrogen-bond acceptors (Lipinski definition) is 0. The molecule has 0 nitrogen and oxygen atoms in total. The third-order valence-corrected chi connectivity index (χ3v) is 105. The van der Waals surface area contributed by atoms with E-state index in [2.05, 4.69) is 299 Å². The van der Waals surface area contributed by atoms with Gasteiger partial charge in [-0.2, -0.15) is 0 Å². The normalized spacial score (nSPS) is 16.0. The zero-order valence-corrected chi connectivity index (χ0v) is 78.0. The minimum absolute atomic E-state index is 0.276. The van der Waals surface area contributed by atoms with Crippen molar-refractivity contribution in [2.75, 3.05) is 0 Å². The highest BCUT2D eigenvalue weighted by Crippen LogP contribution is 2.56. The van der Waals surface area contributed by atoms with Crippen LogP contribution in [0.25, 0.3) is 0 Å². The van der Waals surface area contributed by atoms with E-state index >= 15 is 0 Å². The van der Waals surface area contributed by atoms with E-state index in [1.165, 1.54) is 0 Å². The summed E-state index contributed by atoms with van der Waals surface area (Å²) in [7, 11) is -26.5. The van der Waals surface area contributed by atoms with E-state index < -0.39 is 118 Å².